The van der Waals surface area contributed by atoms with E-state index in [0.717, 1.165) is 0 Å². The third kappa shape index (κ3) is 4.78. The second-order valence-electron chi connectivity index (χ2n) is 6.38. The Morgan fingerprint density at radius 3 is 2.37 bits per heavy atom. The average Bonchev–Trinajstić information content (AvgIpc) is 2.69. The number of anilines is 1. The number of halogens is 1. The molecule has 142 valence electrons. The van der Waals surface area contributed by atoms with Crippen LogP contribution in [0.25, 0.3) is 0 Å². The van der Waals surface area contributed by atoms with Crippen molar-refractivity contribution in [3.05, 3.63) is 54.1 Å². The minimum atomic E-state index is -0.382. The van der Waals surface area contributed by atoms with Gasteiger partial charge in [-0.05, 0) is 12.1 Å². The molecule has 2 aromatic rings. The smallest absolute Gasteiger partial charge is 0.242 e. The van der Waals surface area contributed by atoms with Crippen LogP contribution >= 0.6 is 0 Å². The summed E-state index contributed by atoms with van der Waals surface area (Å²) in [5.74, 6) is -0.139. The van der Waals surface area contributed by atoms with E-state index in [9.17, 15) is 14.0 Å². The van der Waals surface area contributed by atoms with Crippen molar-refractivity contribution < 1.29 is 14.0 Å². The molecule has 1 aliphatic heterocycles. The number of hydrogen-bond donors (Lipinski definition) is 0. The average molecular weight is 371 g/mol. The molecule has 1 aliphatic rings. The van der Waals surface area contributed by atoms with E-state index >= 15 is 0 Å². The Labute approximate surface area is 157 Å². The molecule has 0 N–H and O–H groups in total. The van der Waals surface area contributed by atoms with Gasteiger partial charge in [-0.25, -0.2) is 14.4 Å². The van der Waals surface area contributed by atoms with Crippen molar-refractivity contribution in [1.82, 2.24) is 19.8 Å². The lowest BCUT2D eigenvalue weighted by Crippen LogP contribution is -2.52. The van der Waals surface area contributed by atoms with Crippen molar-refractivity contribution in [2.75, 3.05) is 37.6 Å². The molecule has 0 unspecified atom stereocenters. The standard InChI is InChI=1S/C19H22FN5O2/c1-15(26)25(13-16-5-2-3-6-17(16)20)14-18(27)23-9-11-24(12-10-23)19-21-7-4-8-22-19/h2-8H,9-14H2,1H3. The Kier molecular flexibility index (Phi) is 5.95. The van der Waals surface area contributed by atoms with Gasteiger partial charge in [-0.15, -0.1) is 0 Å². The maximum absolute atomic E-state index is 13.9. The molecule has 1 aromatic heterocycles. The number of amides is 2. The van der Waals surface area contributed by atoms with E-state index in [1.165, 1.54) is 17.9 Å². The van der Waals surface area contributed by atoms with Crippen molar-refractivity contribution in [2.24, 2.45) is 0 Å². The number of carbonyl (C=O) groups excluding carboxylic acids is 2. The Morgan fingerprint density at radius 2 is 1.74 bits per heavy atom. The fraction of sp³-hybridized carbons (Fsp3) is 0.368. The van der Waals surface area contributed by atoms with E-state index in [4.69, 9.17) is 0 Å². The van der Waals surface area contributed by atoms with Gasteiger partial charge in [0.25, 0.3) is 0 Å². The summed E-state index contributed by atoms with van der Waals surface area (Å²) in [6.07, 6.45) is 3.38. The van der Waals surface area contributed by atoms with Gasteiger partial charge in [-0.3, -0.25) is 9.59 Å². The van der Waals surface area contributed by atoms with Crippen LogP contribution in [0.3, 0.4) is 0 Å². The summed E-state index contributed by atoms with van der Waals surface area (Å²) >= 11 is 0. The molecule has 1 saturated heterocycles. The number of nitrogens with zero attached hydrogens (tertiary/aromatic N) is 5. The van der Waals surface area contributed by atoms with Crippen molar-refractivity contribution in [2.45, 2.75) is 13.5 Å². The molecule has 0 spiro atoms. The minimum absolute atomic E-state index is 0.0640. The van der Waals surface area contributed by atoms with Gasteiger partial charge in [0.1, 0.15) is 12.4 Å². The molecule has 7 nitrogen and oxygen atoms in total. The lowest BCUT2D eigenvalue weighted by molar-refractivity contribution is -0.140. The quantitative estimate of drug-likeness (QED) is 0.793. The first-order valence-electron chi connectivity index (χ1n) is 8.83. The molecule has 3 rings (SSSR count). The van der Waals surface area contributed by atoms with E-state index < -0.39 is 0 Å². The highest BCUT2D eigenvalue weighted by molar-refractivity contribution is 5.84. The van der Waals surface area contributed by atoms with Crippen molar-refractivity contribution in [3.63, 3.8) is 0 Å². The van der Waals surface area contributed by atoms with Crippen molar-refractivity contribution in [3.8, 4) is 0 Å². The monoisotopic (exact) mass is 371 g/mol. The first-order valence-corrected chi connectivity index (χ1v) is 8.83. The Hall–Kier alpha value is -3.03. The molecule has 8 heteroatoms. The number of carbonyl (C=O) groups is 2. The van der Waals surface area contributed by atoms with Crippen LogP contribution in [-0.4, -0.2) is 64.3 Å². The summed E-state index contributed by atoms with van der Waals surface area (Å²) < 4.78 is 13.9. The van der Waals surface area contributed by atoms with Crippen LogP contribution in [-0.2, 0) is 16.1 Å². The topological polar surface area (TPSA) is 69.6 Å². The predicted molar refractivity (Wildman–Crippen MR) is 98.3 cm³/mol. The SMILES string of the molecule is CC(=O)N(CC(=O)N1CCN(c2ncccn2)CC1)Cc1ccccc1F. The molecule has 2 amide bonds. The Balaban J connectivity index is 1.57. The molecule has 27 heavy (non-hydrogen) atoms. The summed E-state index contributed by atoms with van der Waals surface area (Å²) in [6, 6.07) is 8.03. The summed E-state index contributed by atoms with van der Waals surface area (Å²) in [5.41, 5.74) is 0.395. The van der Waals surface area contributed by atoms with E-state index in [-0.39, 0.29) is 30.7 Å². The second kappa shape index (κ2) is 8.57. The molecular formula is C19H22FN5O2. The zero-order chi connectivity index (χ0) is 19.2. The maximum atomic E-state index is 13.9. The molecule has 0 aliphatic carbocycles. The lowest BCUT2D eigenvalue weighted by atomic mass is 10.2. The van der Waals surface area contributed by atoms with Crippen LogP contribution < -0.4 is 4.90 Å². The highest BCUT2D eigenvalue weighted by Crippen LogP contribution is 2.13. The number of benzene rings is 1. The normalized spacial score (nSPS) is 14.1. The third-order valence-corrected chi connectivity index (χ3v) is 4.56. The van der Waals surface area contributed by atoms with Gasteiger partial charge in [0.05, 0.1) is 0 Å². The van der Waals surface area contributed by atoms with E-state index in [0.29, 0.717) is 37.7 Å². The zero-order valence-electron chi connectivity index (χ0n) is 15.2. The number of piperazine rings is 1. The predicted octanol–water partition coefficient (Wildman–Crippen LogP) is 1.31. The highest BCUT2D eigenvalue weighted by atomic mass is 19.1. The number of aromatic nitrogens is 2. The van der Waals surface area contributed by atoms with E-state index in [1.807, 2.05) is 4.90 Å². The van der Waals surface area contributed by atoms with E-state index in [1.54, 1.807) is 41.6 Å². The zero-order valence-corrected chi connectivity index (χ0v) is 15.2. The van der Waals surface area contributed by atoms with Gasteiger partial charge in [0.15, 0.2) is 0 Å². The number of hydrogen-bond acceptors (Lipinski definition) is 5. The Bertz CT molecular complexity index is 794. The summed E-state index contributed by atoms with van der Waals surface area (Å²) in [4.78, 5) is 38.1. The van der Waals surface area contributed by atoms with Gasteiger partial charge in [-0.2, -0.15) is 0 Å². The fourth-order valence-electron chi connectivity index (χ4n) is 2.98. The van der Waals surface area contributed by atoms with Crippen LogP contribution in [0.5, 0.6) is 0 Å². The van der Waals surface area contributed by atoms with Gasteiger partial charge in [-0.1, -0.05) is 18.2 Å². The molecule has 0 bridgehead atoms. The molecule has 1 aromatic carbocycles. The van der Waals surface area contributed by atoms with Gasteiger partial charge in [0, 0.05) is 57.6 Å². The summed E-state index contributed by atoms with van der Waals surface area (Å²) in [5, 5.41) is 0. The summed E-state index contributed by atoms with van der Waals surface area (Å²) in [6.45, 7) is 3.72. The largest absolute Gasteiger partial charge is 0.338 e. The van der Waals surface area contributed by atoms with Crippen LogP contribution in [0.4, 0.5) is 10.3 Å². The first-order chi connectivity index (χ1) is 13.0. The Morgan fingerprint density at radius 1 is 1.07 bits per heavy atom. The van der Waals surface area contributed by atoms with E-state index in [2.05, 4.69) is 9.97 Å². The highest BCUT2D eigenvalue weighted by Gasteiger charge is 2.25. The van der Waals surface area contributed by atoms with Crippen LogP contribution in [0.15, 0.2) is 42.7 Å². The van der Waals surface area contributed by atoms with Gasteiger partial charge < -0.3 is 14.7 Å². The van der Waals surface area contributed by atoms with Crippen LogP contribution in [0, 0.1) is 5.82 Å². The fourth-order valence-corrected chi connectivity index (χ4v) is 2.98. The maximum Gasteiger partial charge on any atom is 0.242 e. The van der Waals surface area contributed by atoms with Crippen molar-refractivity contribution >= 4 is 17.8 Å². The second-order valence-corrected chi connectivity index (χ2v) is 6.38. The van der Waals surface area contributed by atoms with Gasteiger partial charge >= 0.3 is 0 Å². The molecule has 1 fully saturated rings. The van der Waals surface area contributed by atoms with Crippen molar-refractivity contribution in [1.29, 1.82) is 0 Å². The molecule has 2 heterocycles. The molecule has 0 saturated carbocycles. The lowest BCUT2D eigenvalue weighted by Gasteiger charge is -2.35. The molecular weight excluding hydrogens is 349 g/mol. The first kappa shape index (κ1) is 18.8. The van der Waals surface area contributed by atoms with Crippen LogP contribution in [0.2, 0.25) is 0 Å². The minimum Gasteiger partial charge on any atom is -0.338 e. The van der Waals surface area contributed by atoms with Gasteiger partial charge in [0.2, 0.25) is 17.8 Å². The van der Waals surface area contributed by atoms with Crippen LogP contribution in [0.1, 0.15) is 12.5 Å². The number of rotatable bonds is 5. The third-order valence-electron chi connectivity index (χ3n) is 4.56. The molecule has 0 radical (unpaired) electrons. The summed E-state index contributed by atoms with van der Waals surface area (Å²) in [7, 11) is 0. The molecule has 0 atom stereocenters.